The van der Waals surface area contributed by atoms with E-state index in [0.717, 1.165) is 19.5 Å². The van der Waals surface area contributed by atoms with E-state index in [9.17, 15) is 0 Å². The molecule has 0 atom stereocenters. The second kappa shape index (κ2) is 6.20. The van der Waals surface area contributed by atoms with Gasteiger partial charge in [0.15, 0.2) is 0 Å². The van der Waals surface area contributed by atoms with E-state index in [1.54, 1.807) is 0 Å². The second-order valence-electron chi connectivity index (χ2n) is 5.79. The number of pyridine rings is 1. The average Bonchev–Trinajstić information content (AvgIpc) is 2.69. The SMILES string of the molecule is CC1=C(c2cncc(CCCN(C)C)c2)N(C)CC1. The molecule has 1 aromatic heterocycles. The van der Waals surface area contributed by atoms with Crippen molar-refractivity contribution in [2.45, 2.75) is 26.2 Å². The Labute approximate surface area is 116 Å². The third kappa shape index (κ3) is 3.57. The van der Waals surface area contributed by atoms with E-state index in [-0.39, 0.29) is 0 Å². The highest BCUT2D eigenvalue weighted by Gasteiger charge is 2.18. The molecule has 1 aliphatic heterocycles. The fourth-order valence-corrected chi connectivity index (χ4v) is 2.71. The minimum absolute atomic E-state index is 1.11. The monoisotopic (exact) mass is 259 g/mol. The van der Waals surface area contributed by atoms with Crippen molar-refractivity contribution in [3.05, 3.63) is 35.2 Å². The zero-order chi connectivity index (χ0) is 13.8. The summed E-state index contributed by atoms with van der Waals surface area (Å²) in [5.74, 6) is 0. The van der Waals surface area contributed by atoms with E-state index in [1.165, 1.54) is 35.2 Å². The molecule has 0 amide bonds. The molecule has 0 bridgehead atoms. The molecule has 0 aromatic carbocycles. The summed E-state index contributed by atoms with van der Waals surface area (Å²) in [6, 6.07) is 2.31. The van der Waals surface area contributed by atoms with Crippen LogP contribution in [0.5, 0.6) is 0 Å². The van der Waals surface area contributed by atoms with Crippen molar-refractivity contribution < 1.29 is 0 Å². The molecule has 3 heteroatoms. The first-order valence-electron chi connectivity index (χ1n) is 7.08. The van der Waals surface area contributed by atoms with Gasteiger partial charge in [0.05, 0.1) is 0 Å². The normalized spacial score (nSPS) is 15.7. The van der Waals surface area contributed by atoms with Crippen molar-refractivity contribution in [1.82, 2.24) is 14.8 Å². The summed E-state index contributed by atoms with van der Waals surface area (Å²) in [6.07, 6.45) is 7.47. The van der Waals surface area contributed by atoms with Crippen molar-refractivity contribution in [1.29, 1.82) is 0 Å². The van der Waals surface area contributed by atoms with Crippen molar-refractivity contribution >= 4 is 5.70 Å². The van der Waals surface area contributed by atoms with Gasteiger partial charge in [-0.2, -0.15) is 0 Å². The van der Waals surface area contributed by atoms with Crippen molar-refractivity contribution in [3.8, 4) is 0 Å². The van der Waals surface area contributed by atoms with Gasteiger partial charge < -0.3 is 9.80 Å². The molecule has 1 aromatic rings. The Morgan fingerprint density at radius 1 is 1.32 bits per heavy atom. The fraction of sp³-hybridized carbons (Fsp3) is 0.562. The van der Waals surface area contributed by atoms with E-state index < -0.39 is 0 Å². The van der Waals surface area contributed by atoms with Gasteiger partial charge in [-0.05, 0) is 64.0 Å². The molecule has 19 heavy (non-hydrogen) atoms. The van der Waals surface area contributed by atoms with Crippen LogP contribution in [-0.2, 0) is 6.42 Å². The van der Waals surface area contributed by atoms with Crippen LogP contribution < -0.4 is 0 Å². The number of aromatic nitrogens is 1. The first kappa shape index (κ1) is 14.1. The van der Waals surface area contributed by atoms with Crippen LogP contribution in [0.3, 0.4) is 0 Å². The largest absolute Gasteiger partial charge is 0.374 e. The van der Waals surface area contributed by atoms with Crippen LogP contribution >= 0.6 is 0 Å². The minimum Gasteiger partial charge on any atom is -0.374 e. The Morgan fingerprint density at radius 2 is 2.11 bits per heavy atom. The minimum atomic E-state index is 1.11. The van der Waals surface area contributed by atoms with E-state index in [2.05, 4.69) is 48.9 Å². The molecule has 0 saturated heterocycles. The van der Waals surface area contributed by atoms with Gasteiger partial charge in [0.2, 0.25) is 0 Å². The molecule has 0 N–H and O–H groups in total. The third-order valence-electron chi connectivity index (χ3n) is 3.75. The zero-order valence-electron chi connectivity index (χ0n) is 12.6. The van der Waals surface area contributed by atoms with Gasteiger partial charge in [0.1, 0.15) is 0 Å². The Kier molecular flexibility index (Phi) is 4.59. The van der Waals surface area contributed by atoms with Gasteiger partial charge in [-0.25, -0.2) is 0 Å². The molecule has 2 rings (SSSR count). The first-order valence-corrected chi connectivity index (χ1v) is 7.08. The van der Waals surface area contributed by atoms with Gasteiger partial charge in [0.25, 0.3) is 0 Å². The summed E-state index contributed by atoms with van der Waals surface area (Å²) in [5.41, 5.74) is 5.48. The lowest BCUT2D eigenvalue weighted by molar-refractivity contribution is 0.400. The van der Waals surface area contributed by atoms with E-state index in [4.69, 9.17) is 0 Å². The first-order chi connectivity index (χ1) is 9.08. The number of hydrogen-bond donors (Lipinski definition) is 0. The van der Waals surface area contributed by atoms with Crippen molar-refractivity contribution in [3.63, 3.8) is 0 Å². The van der Waals surface area contributed by atoms with E-state index in [0.29, 0.717) is 0 Å². The molecule has 0 spiro atoms. The van der Waals surface area contributed by atoms with Gasteiger partial charge >= 0.3 is 0 Å². The van der Waals surface area contributed by atoms with Gasteiger partial charge in [-0.1, -0.05) is 0 Å². The van der Waals surface area contributed by atoms with Crippen LogP contribution in [0.2, 0.25) is 0 Å². The molecule has 1 aliphatic rings. The third-order valence-corrected chi connectivity index (χ3v) is 3.75. The quantitative estimate of drug-likeness (QED) is 0.810. The molecule has 0 fully saturated rings. The van der Waals surface area contributed by atoms with Crippen LogP contribution in [0, 0.1) is 0 Å². The zero-order valence-corrected chi connectivity index (χ0v) is 12.6. The Morgan fingerprint density at radius 3 is 2.74 bits per heavy atom. The van der Waals surface area contributed by atoms with Gasteiger partial charge in [0, 0.05) is 37.2 Å². The smallest absolute Gasteiger partial charge is 0.0442 e. The predicted octanol–water partition coefficient (Wildman–Crippen LogP) is 2.64. The maximum atomic E-state index is 4.42. The lowest BCUT2D eigenvalue weighted by Crippen LogP contribution is -2.14. The molecule has 2 heterocycles. The molecule has 3 nitrogen and oxygen atoms in total. The van der Waals surface area contributed by atoms with Crippen molar-refractivity contribution in [2.24, 2.45) is 0 Å². The Hall–Kier alpha value is -1.35. The van der Waals surface area contributed by atoms with Gasteiger partial charge in [-0.15, -0.1) is 0 Å². The molecule has 0 saturated carbocycles. The number of nitrogens with zero attached hydrogens (tertiary/aromatic N) is 3. The topological polar surface area (TPSA) is 19.4 Å². The fourth-order valence-electron chi connectivity index (χ4n) is 2.71. The molecule has 0 radical (unpaired) electrons. The second-order valence-corrected chi connectivity index (χ2v) is 5.79. The standard InChI is InChI=1S/C16H25N3/c1-13-7-9-19(4)16(13)15-10-14(11-17-12-15)6-5-8-18(2)3/h10-12H,5-9H2,1-4H3. The maximum Gasteiger partial charge on any atom is 0.0442 e. The summed E-state index contributed by atoms with van der Waals surface area (Å²) in [4.78, 5) is 9.00. The number of hydrogen-bond acceptors (Lipinski definition) is 3. The highest BCUT2D eigenvalue weighted by atomic mass is 15.1. The summed E-state index contributed by atoms with van der Waals surface area (Å²) in [5, 5.41) is 0. The summed E-state index contributed by atoms with van der Waals surface area (Å²) >= 11 is 0. The van der Waals surface area contributed by atoms with Crippen LogP contribution in [0.1, 0.15) is 30.9 Å². The molecular formula is C16H25N3. The Bertz CT molecular complexity index is 463. The van der Waals surface area contributed by atoms with E-state index in [1.807, 2.05) is 12.4 Å². The number of rotatable bonds is 5. The Balaban J connectivity index is 2.09. The van der Waals surface area contributed by atoms with Crippen LogP contribution in [-0.4, -0.2) is 49.0 Å². The predicted molar refractivity (Wildman–Crippen MR) is 81.0 cm³/mol. The average molecular weight is 259 g/mol. The molecule has 104 valence electrons. The summed E-state index contributed by atoms with van der Waals surface area (Å²) in [7, 11) is 6.41. The van der Waals surface area contributed by atoms with Gasteiger partial charge in [-0.3, -0.25) is 4.98 Å². The summed E-state index contributed by atoms with van der Waals surface area (Å²) < 4.78 is 0. The van der Waals surface area contributed by atoms with E-state index >= 15 is 0 Å². The summed E-state index contributed by atoms with van der Waals surface area (Å²) in [6.45, 7) is 4.50. The van der Waals surface area contributed by atoms with Crippen LogP contribution in [0.4, 0.5) is 0 Å². The van der Waals surface area contributed by atoms with Crippen molar-refractivity contribution in [2.75, 3.05) is 34.2 Å². The lowest BCUT2D eigenvalue weighted by Gasteiger charge is -2.17. The molecule has 0 aliphatic carbocycles. The lowest BCUT2D eigenvalue weighted by atomic mass is 10.1. The van der Waals surface area contributed by atoms with Crippen LogP contribution in [0.15, 0.2) is 24.0 Å². The maximum absolute atomic E-state index is 4.42. The number of aryl methyl sites for hydroxylation is 1. The highest BCUT2D eigenvalue weighted by molar-refractivity contribution is 5.68. The molecule has 0 unspecified atom stereocenters. The molecular weight excluding hydrogens is 234 g/mol. The highest BCUT2D eigenvalue weighted by Crippen LogP contribution is 2.29. The van der Waals surface area contributed by atoms with Crippen LogP contribution in [0.25, 0.3) is 5.70 Å².